The van der Waals surface area contributed by atoms with Crippen molar-refractivity contribution in [2.45, 2.75) is 26.3 Å². The summed E-state index contributed by atoms with van der Waals surface area (Å²) in [5, 5.41) is 3.82. The van der Waals surface area contributed by atoms with E-state index in [1.807, 2.05) is 44.2 Å². The zero-order chi connectivity index (χ0) is 13.8. The van der Waals surface area contributed by atoms with Crippen LogP contribution < -0.4 is 11.1 Å². The number of anilines is 1. The van der Waals surface area contributed by atoms with Crippen LogP contribution in [0.25, 0.3) is 10.9 Å². The van der Waals surface area contributed by atoms with Crippen molar-refractivity contribution in [3.05, 3.63) is 36.5 Å². The molecule has 0 saturated heterocycles. The number of hydrogen-bond acceptors (Lipinski definition) is 3. The highest BCUT2D eigenvalue weighted by Gasteiger charge is 2.19. The predicted octanol–water partition coefficient (Wildman–Crippen LogP) is 2.55. The normalized spacial score (nSPS) is 14.1. The molecule has 0 spiro atoms. The van der Waals surface area contributed by atoms with Gasteiger partial charge in [-0.1, -0.05) is 38.5 Å². The predicted molar refractivity (Wildman–Crippen MR) is 77.8 cm³/mol. The molecule has 1 heterocycles. The second-order valence-electron chi connectivity index (χ2n) is 4.82. The number of pyridine rings is 1. The van der Waals surface area contributed by atoms with Gasteiger partial charge in [0.25, 0.3) is 0 Å². The maximum Gasteiger partial charge on any atom is 0.241 e. The molecule has 2 unspecified atom stereocenters. The van der Waals surface area contributed by atoms with Gasteiger partial charge in [0.15, 0.2) is 0 Å². The Labute approximate surface area is 113 Å². The number of hydrogen-bond donors (Lipinski definition) is 2. The Morgan fingerprint density at radius 1 is 1.42 bits per heavy atom. The number of nitrogens with zero attached hydrogens (tertiary/aromatic N) is 1. The quantitative estimate of drug-likeness (QED) is 0.884. The first kappa shape index (κ1) is 13.5. The molecule has 0 fully saturated rings. The summed E-state index contributed by atoms with van der Waals surface area (Å²) in [6, 6.07) is 9.20. The fourth-order valence-corrected chi connectivity index (χ4v) is 1.88. The van der Waals surface area contributed by atoms with Crippen molar-refractivity contribution in [3.63, 3.8) is 0 Å². The topological polar surface area (TPSA) is 68.0 Å². The van der Waals surface area contributed by atoms with E-state index in [4.69, 9.17) is 5.73 Å². The van der Waals surface area contributed by atoms with Gasteiger partial charge in [-0.05, 0) is 18.1 Å². The molecule has 4 nitrogen and oxygen atoms in total. The van der Waals surface area contributed by atoms with E-state index in [0.717, 1.165) is 17.3 Å². The van der Waals surface area contributed by atoms with Crippen molar-refractivity contribution in [2.75, 3.05) is 5.32 Å². The first-order chi connectivity index (χ1) is 9.11. The van der Waals surface area contributed by atoms with E-state index in [-0.39, 0.29) is 11.8 Å². The number of para-hydroxylation sites is 1. The standard InChI is InChI=1S/C15H19N3O/c1-3-10(2)14(16)15(19)18-12-8-11-6-4-5-7-13(11)17-9-12/h4-10,14H,3,16H2,1-2H3,(H,18,19). The lowest BCUT2D eigenvalue weighted by Gasteiger charge is -2.17. The third-order valence-corrected chi connectivity index (χ3v) is 3.42. The summed E-state index contributed by atoms with van der Waals surface area (Å²) in [6.07, 6.45) is 2.54. The lowest BCUT2D eigenvalue weighted by atomic mass is 9.99. The molecule has 1 aromatic heterocycles. The van der Waals surface area contributed by atoms with E-state index >= 15 is 0 Å². The summed E-state index contributed by atoms with van der Waals surface area (Å²) in [5.41, 5.74) is 7.49. The van der Waals surface area contributed by atoms with E-state index < -0.39 is 6.04 Å². The number of fused-ring (bicyclic) bond motifs is 1. The lowest BCUT2D eigenvalue weighted by molar-refractivity contribution is -0.118. The second-order valence-corrected chi connectivity index (χ2v) is 4.82. The van der Waals surface area contributed by atoms with Gasteiger partial charge in [-0.15, -0.1) is 0 Å². The van der Waals surface area contributed by atoms with Crippen molar-refractivity contribution in [3.8, 4) is 0 Å². The Morgan fingerprint density at radius 2 is 2.16 bits per heavy atom. The number of rotatable bonds is 4. The maximum absolute atomic E-state index is 12.0. The van der Waals surface area contributed by atoms with Crippen LogP contribution in [0.2, 0.25) is 0 Å². The number of benzene rings is 1. The van der Waals surface area contributed by atoms with E-state index in [2.05, 4.69) is 10.3 Å². The zero-order valence-corrected chi connectivity index (χ0v) is 11.3. The smallest absolute Gasteiger partial charge is 0.241 e. The van der Waals surface area contributed by atoms with Crippen LogP contribution >= 0.6 is 0 Å². The molecule has 3 N–H and O–H groups in total. The minimum atomic E-state index is -0.489. The third-order valence-electron chi connectivity index (χ3n) is 3.42. The van der Waals surface area contributed by atoms with Crippen LogP contribution in [-0.4, -0.2) is 16.9 Å². The van der Waals surface area contributed by atoms with Crippen molar-refractivity contribution in [1.82, 2.24) is 4.98 Å². The van der Waals surface area contributed by atoms with Gasteiger partial charge in [0.2, 0.25) is 5.91 Å². The SMILES string of the molecule is CCC(C)C(N)C(=O)Nc1cnc2ccccc2c1. The van der Waals surface area contributed by atoms with Crippen LogP contribution in [0.3, 0.4) is 0 Å². The summed E-state index contributed by atoms with van der Waals surface area (Å²) in [4.78, 5) is 16.3. The van der Waals surface area contributed by atoms with E-state index in [1.165, 1.54) is 0 Å². The number of aromatic nitrogens is 1. The minimum absolute atomic E-state index is 0.161. The van der Waals surface area contributed by atoms with Gasteiger partial charge in [0, 0.05) is 5.39 Å². The van der Waals surface area contributed by atoms with Crippen LogP contribution in [0.1, 0.15) is 20.3 Å². The Hall–Kier alpha value is -1.94. The number of nitrogens with one attached hydrogen (secondary N) is 1. The fourth-order valence-electron chi connectivity index (χ4n) is 1.88. The zero-order valence-electron chi connectivity index (χ0n) is 11.3. The Bertz CT molecular complexity index is 582. The van der Waals surface area contributed by atoms with Crippen molar-refractivity contribution in [2.24, 2.45) is 11.7 Å². The average Bonchev–Trinajstić information content (AvgIpc) is 2.45. The monoisotopic (exact) mass is 257 g/mol. The number of amides is 1. The molecule has 1 amide bonds. The summed E-state index contributed by atoms with van der Waals surface area (Å²) in [7, 11) is 0. The first-order valence-electron chi connectivity index (χ1n) is 6.53. The molecular formula is C15H19N3O. The fraction of sp³-hybridized carbons (Fsp3) is 0.333. The molecule has 0 saturated carbocycles. The average molecular weight is 257 g/mol. The third kappa shape index (κ3) is 3.09. The molecular weight excluding hydrogens is 238 g/mol. The summed E-state index contributed by atoms with van der Waals surface area (Å²) in [6.45, 7) is 4.00. The van der Waals surface area contributed by atoms with Crippen molar-refractivity contribution in [1.29, 1.82) is 0 Å². The minimum Gasteiger partial charge on any atom is -0.323 e. The second kappa shape index (κ2) is 5.80. The molecule has 1 aromatic carbocycles. The summed E-state index contributed by atoms with van der Waals surface area (Å²) < 4.78 is 0. The van der Waals surface area contributed by atoms with Gasteiger partial charge in [-0.25, -0.2) is 0 Å². The van der Waals surface area contributed by atoms with E-state index in [9.17, 15) is 4.79 Å². The Balaban J connectivity index is 2.15. The van der Waals surface area contributed by atoms with Gasteiger partial charge >= 0.3 is 0 Å². The molecule has 2 rings (SSSR count). The highest BCUT2D eigenvalue weighted by atomic mass is 16.2. The Morgan fingerprint density at radius 3 is 2.89 bits per heavy atom. The van der Waals surface area contributed by atoms with E-state index in [1.54, 1.807) is 6.20 Å². The molecule has 19 heavy (non-hydrogen) atoms. The van der Waals surface area contributed by atoms with Crippen molar-refractivity contribution < 1.29 is 4.79 Å². The summed E-state index contributed by atoms with van der Waals surface area (Å²) >= 11 is 0. The molecule has 2 atom stereocenters. The molecule has 0 aliphatic rings. The van der Waals surface area contributed by atoms with Gasteiger partial charge in [-0.3, -0.25) is 9.78 Å². The van der Waals surface area contributed by atoms with E-state index in [0.29, 0.717) is 5.69 Å². The molecule has 0 radical (unpaired) electrons. The summed E-state index contributed by atoms with van der Waals surface area (Å²) in [5.74, 6) is -0.000142. The molecule has 0 bridgehead atoms. The molecule has 100 valence electrons. The lowest BCUT2D eigenvalue weighted by Crippen LogP contribution is -2.40. The van der Waals surface area contributed by atoms with Crippen LogP contribution in [0.15, 0.2) is 36.5 Å². The largest absolute Gasteiger partial charge is 0.323 e. The number of nitrogens with two attached hydrogens (primary N) is 1. The number of carbonyl (C=O) groups is 1. The van der Waals surface area contributed by atoms with Crippen molar-refractivity contribution >= 4 is 22.5 Å². The maximum atomic E-state index is 12.0. The highest BCUT2D eigenvalue weighted by Crippen LogP contribution is 2.16. The van der Waals surface area contributed by atoms with Crippen LogP contribution in [0, 0.1) is 5.92 Å². The highest BCUT2D eigenvalue weighted by molar-refractivity contribution is 5.96. The number of carbonyl (C=O) groups excluding carboxylic acids is 1. The Kier molecular flexibility index (Phi) is 4.12. The first-order valence-corrected chi connectivity index (χ1v) is 6.53. The van der Waals surface area contributed by atoms with Crippen LogP contribution in [0.5, 0.6) is 0 Å². The van der Waals surface area contributed by atoms with Gasteiger partial charge in [-0.2, -0.15) is 0 Å². The van der Waals surface area contributed by atoms with Gasteiger partial charge in [0.1, 0.15) is 0 Å². The molecule has 0 aliphatic heterocycles. The van der Waals surface area contributed by atoms with Crippen LogP contribution in [0.4, 0.5) is 5.69 Å². The molecule has 0 aliphatic carbocycles. The van der Waals surface area contributed by atoms with Gasteiger partial charge in [0.05, 0.1) is 23.4 Å². The molecule has 4 heteroatoms. The van der Waals surface area contributed by atoms with Gasteiger partial charge < -0.3 is 11.1 Å². The van der Waals surface area contributed by atoms with Crippen LogP contribution in [-0.2, 0) is 4.79 Å². The molecule has 2 aromatic rings.